The molecule has 0 atom stereocenters. The van der Waals surface area contributed by atoms with Crippen molar-refractivity contribution in [1.29, 1.82) is 0 Å². The Balaban J connectivity index is 3.39. The molecule has 1 rings (SSSR count). The second-order valence-electron chi connectivity index (χ2n) is 3.66. The van der Waals surface area contributed by atoms with Gasteiger partial charge in [-0.3, -0.25) is 0 Å². The van der Waals surface area contributed by atoms with E-state index in [4.69, 9.17) is 22.1 Å². The molecule has 0 heterocycles. The fraction of sp³-hybridized carbons (Fsp3) is 0.400. The SMILES string of the molecule is COc1c(C(C)(C)N)ccc(F)c1Cl. The average molecular weight is 218 g/mol. The lowest BCUT2D eigenvalue weighted by Crippen LogP contribution is -2.29. The first-order valence-electron chi connectivity index (χ1n) is 4.19. The Morgan fingerprint density at radius 2 is 2.00 bits per heavy atom. The van der Waals surface area contributed by atoms with Crippen molar-refractivity contribution >= 4 is 11.6 Å². The van der Waals surface area contributed by atoms with Crippen molar-refractivity contribution in [3.8, 4) is 5.75 Å². The molecule has 0 aliphatic rings. The highest BCUT2D eigenvalue weighted by Gasteiger charge is 2.22. The summed E-state index contributed by atoms with van der Waals surface area (Å²) < 4.78 is 18.1. The third-order valence-electron chi connectivity index (χ3n) is 1.95. The van der Waals surface area contributed by atoms with Crippen LogP contribution in [0.3, 0.4) is 0 Å². The molecule has 78 valence electrons. The standard InChI is InChI=1S/C10H13ClFNO/c1-10(2,13)6-4-5-7(12)8(11)9(6)14-3/h4-5H,13H2,1-3H3. The van der Waals surface area contributed by atoms with Crippen molar-refractivity contribution in [2.24, 2.45) is 5.73 Å². The van der Waals surface area contributed by atoms with E-state index in [-0.39, 0.29) is 5.02 Å². The molecule has 1 aromatic carbocycles. The fourth-order valence-corrected chi connectivity index (χ4v) is 1.48. The van der Waals surface area contributed by atoms with Crippen LogP contribution in [0.4, 0.5) is 4.39 Å². The molecule has 4 heteroatoms. The molecule has 2 N–H and O–H groups in total. The summed E-state index contributed by atoms with van der Waals surface area (Å²) in [6.07, 6.45) is 0. The predicted molar refractivity (Wildman–Crippen MR) is 55.2 cm³/mol. The van der Waals surface area contributed by atoms with Gasteiger partial charge in [-0.2, -0.15) is 0 Å². The van der Waals surface area contributed by atoms with Crippen molar-refractivity contribution in [3.63, 3.8) is 0 Å². The maximum atomic E-state index is 13.1. The molecule has 0 aliphatic heterocycles. The fourth-order valence-electron chi connectivity index (χ4n) is 1.24. The van der Waals surface area contributed by atoms with E-state index in [1.54, 1.807) is 19.9 Å². The summed E-state index contributed by atoms with van der Waals surface area (Å²) in [5, 5.41) is -0.0245. The maximum absolute atomic E-state index is 13.1. The quantitative estimate of drug-likeness (QED) is 0.827. The third-order valence-corrected chi connectivity index (χ3v) is 2.30. The van der Waals surface area contributed by atoms with E-state index < -0.39 is 11.4 Å². The van der Waals surface area contributed by atoms with Crippen LogP contribution in [0.1, 0.15) is 19.4 Å². The highest BCUT2D eigenvalue weighted by atomic mass is 35.5. The number of methoxy groups -OCH3 is 1. The van der Waals surface area contributed by atoms with Gasteiger partial charge in [-0.1, -0.05) is 17.7 Å². The minimum absolute atomic E-state index is 0.0245. The zero-order valence-electron chi connectivity index (χ0n) is 8.40. The van der Waals surface area contributed by atoms with Gasteiger partial charge < -0.3 is 10.5 Å². The molecule has 0 saturated heterocycles. The highest BCUT2D eigenvalue weighted by molar-refractivity contribution is 6.32. The van der Waals surface area contributed by atoms with Crippen LogP contribution in [0.5, 0.6) is 5.75 Å². The summed E-state index contributed by atoms with van der Waals surface area (Å²) in [5.41, 5.74) is 5.97. The molecule has 2 nitrogen and oxygen atoms in total. The van der Waals surface area contributed by atoms with Gasteiger partial charge >= 0.3 is 0 Å². The lowest BCUT2D eigenvalue weighted by molar-refractivity contribution is 0.391. The topological polar surface area (TPSA) is 35.2 Å². The lowest BCUT2D eigenvalue weighted by atomic mass is 9.94. The van der Waals surface area contributed by atoms with Crippen LogP contribution in [-0.4, -0.2) is 7.11 Å². The zero-order chi connectivity index (χ0) is 10.9. The smallest absolute Gasteiger partial charge is 0.145 e. The van der Waals surface area contributed by atoms with Crippen LogP contribution < -0.4 is 10.5 Å². The zero-order valence-corrected chi connectivity index (χ0v) is 9.15. The van der Waals surface area contributed by atoms with Crippen molar-refractivity contribution in [2.75, 3.05) is 7.11 Å². The van der Waals surface area contributed by atoms with E-state index in [9.17, 15) is 4.39 Å². The minimum Gasteiger partial charge on any atom is -0.495 e. The van der Waals surface area contributed by atoms with Gasteiger partial charge in [-0.15, -0.1) is 0 Å². The van der Waals surface area contributed by atoms with Crippen LogP contribution in [0.2, 0.25) is 5.02 Å². The van der Waals surface area contributed by atoms with E-state index in [0.717, 1.165) is 0 Å². The highest BCUT2D eigenvalue weighted by Crippen LogP contribution is 2.35. The summed E-state index contributed by atoms with van der Waals surface area (Å²) in [5.74, 6) is -0.198. The Bertz CT molecular complexity index is 347. The normalized spacial score (nSPS) is 11.6. The molecule has 0 fully saturated rings. The van der Waals surface area contributed by atoms with Crippen LogP contribution in [0.15, 0.2) is 12.1 Å². The summed E-state index contributed by atoms with van der Waals surface area (Å²) in [6.45, 7) is 3.61. The van der Waals surface area contributed by atoms with Gasteiger partial charge in [-0.05, 0) is 19.9 Å². The van der Waals surface area contributed by atoms with E-state index in [2.05, 4.69) is 0 Å². The van der Waals surface area contributed by atoms with Gasteiger partial charge in [0, 0.05) is 11.1 Å². The second kappa shape index (κ2) is 3.75. The molecule has 1 aromatic rings. The predicted octanol–water partition coefficient (Wildman–Crippen LogP) is 2.68. The number of benzene rings is 1. The van der Waals surface area contributed by atoms with Crippen molar-refractivity contribution in [1.82, 2.24) is 0 Å². The monoisotopic (exact) mass is 217 g/mol. The number of ether oxygens (including phenoxy) is 1. The number of nitrogens with two attached hydrogens (primary N) is 1. The van der Waals surface area contributed by atoms with Gasteiger partial charge in [0.25, 0.3) is 0 Å². The average Bonchev–Trinajstić information content (AvgIpc) is 2.07. The van der Waals surface area contributed by atoms with Crippen LogP contribution in [0.25, 0.3) is 0 Å². The first kappa shape index (κ1) is 11.3. The Hall–Kier alpha value is -0.800. The van der Waals surface area contributed by atoms with Gasteiger partial charge in [0.15, 0.2) is 0 Å². The van der Waals surface area contributed by atoms with E-state index >= 15 is 0 Å². The van der Waals surface area contributed by atoms with E-state index in [1.165, 1.54) is 13.2 Å². The minimum atomic E-state index is -0.608. The van der Waals surface area contributed by atoms with Gasteiger partial charge in [0.05, 0.1) is 7.11 Å². The molecule has 0 aromatic heterocycles. The molecular formula is C10H13ClFNO. The Labute approximate surface area is 87.8 Å². The summed E-state index contributed by atoms with van der Waals surface area (Å²) in [6, 6.07) is 2.87. The third kappa shape index (κ3) is 1.99. The Morgan fingerprint density at radius 3 is 2.43 bits per heavy atom. The molecule has 0 bridgehead atoms. The molecule has 0 aliphatic carbocycles. The molecule has 0 saturated carbocycles. The van der Waals surface area contributed by atoms with Crippen molar-refractivity contribution in [2.45, 2.75) is 19.4 Å². The van der Waals surface area contributed by atoms with Crippen LogP contribution in [-0.2, 0) is 5.54 Å². The van der Waals surface area contributed by atoms with E-state index in [1.807, 2.05) is 0 Å². The number of halogens is 2. The molecule has 0 unspecified atom stereocenters. The molecule has 0 amide bonds. The molecule has 14 heavy (non-hydrogen) atoms. The molecule has 0 spiro atoms. The Kier molecular flexibility index (Phi) is 3.02. The molecule has 0 radical (unpaired) electrons. The van der Waals surface area contributed by atoms with Gasteiger partial charge in [0.2, 0.25) is 0 Å². The van der Waals surface area contributed by atoms with Crippen molar-refractivity contribution in [3.05, 3.63) is 28.5 Å². The lowest BCUT2D eigenvalue weighted by Gasteiger charge is -2.22. The maximum Gasteiger partial charge on any atom is 0.145 e. The molecular weight excluding hydrogens is 205 g/mol. The van der Waals surface area contributed by atoms with Crippen LogP contribution >= 0.6 is 11.6 Å². The first-order valence-corrected chi connectivity index (χ1v) is 4.57. The van der Waals surface area contributed by atoms with Crippen LogP contribution in [0, 0.1) is 5.82 Å². The summed E-state index contributed by atoms with van der Waals surface area (Å²) >= 11 is 5.75. The summed E-state index contributed by atoms with van der Waals surface area (Å²) in [7, 11) is 1.44. The second-order valence-corrected chi connectivity index (χ2v) is 4.04. The van der Waals surface area contributed by atoms with Gasteiger partial charge in [-0.25, -0.2) is 4.39 Å². The first-order chi connectivity index (χ1) is 6.38. The number of hydrogen-bond acceptors (Lipinski definition) is 2. The largest absolute Gasteiger partial charge is 0.495 e. The van der Waals surface area contributed by atoms with E-state index in [0.29, 0.717) is 11.3 Å². The number of hydrogen-bond donors (Lipinski definition) is 1. The Morgan fingerprint density at radius 1 is 1.43 bits per heavy atom. The van der Waals surface area contributed by atoms with Crippen molar-refractivity contribution < 1.29 is 9.13 Å². The summed E-state index contributed by atoms with van der Waals surface area (Å²) in [4.78, 5) is 0. The number of rotatable bonds is 2. The van der Waals surface area contributed by atoms with Gasteiger partial charge in [0.1, 0.15) is 16.6 Å².